The molecule has 0 saturated heterocycles. The first-order valence-corrected chi connectivity index (χ1v) is 7.79. The van der Waals surface area contributed by atoms with E-state index in [2.05, 4.69) is 36.6 Å². The molecule has 112 valence electrons. The van der Waals surface area contributed by atoms with Crippen molar-refractivity contribution in [2.24, 2.45) is 5.73 Å². The van der Waals surface area contributed by atoms with E-state index < -0.39 is 0 Å². The van der Waals surface area contributed by atoms with Crippen molar-refractivity contribution in [2.75, 3.05) is 6.61 Å². The molecule has 1 aromatic carbocycles. The predicted molar refractivity (Wildman–Crippen MR) is 85.7 cm³/mol. The third-order valence-electron chi connectivity index (χ3n) is 4.35. The average molecular weight is 284 g/mol. The molecule has 0 radical (unpaired) electrons. The second-order valence-electron chi connectivity index (χ2n) is 6.00. The third-order valence-corrected chi connectivity index (χ3v) is 4.35. The number of nitrogens with two attached hydrogens (primary N) is 1. The van der Waals surface area contributed by atoms with E-state index in [0.29, 0.717) is 6.61 Å². The van der Waals surface area contributed by atoms with Crippen LogP contribution in [0.25, 0.3) is 0 Å². The van der Waals surface area contributed by atoms with E-state index in [-0.39, 0.29) is 6.04 Å². The topological polar surface area (TPSA) is 40.2 Å². The van der Waals surface area contributed by atoms with Crippen LogP contribution in [-0.2, 0) is 13.0 Å². The maximum absolute atomic E-state index is 6.22. The van der Waals surface area contributed by atoms with Crippen LogP contribution in [0.2, 0.25) is 0 Å². The molecule has 0 spiro atoms. The largest absolute Gasteiger partial charge is 0.492 e. The molecule has 0 amide bonds. The van der Waals surface area contributed by atoms with Crippen molar-refractivity contribution < 1.29 is 4.74 Å². The Morgan fingerprint density at radius 1 is 1.29 bits per heavy atom. The molecule has 1 unspecified atom stereocenters. The van der Waals surface area contributed by atoms with Crippen molar-refractivity contribution in [3.05, 3.63) is 52.8 Å². The second-order valence-corrected chi connectivity index (χ2v) is 6.00. The number of nitrogens with zero attached hydrogens (tertiary/aromatic N) is 1. The van der Waals surface area contributed by atoms with Gasteiger partial charge < -0.3 is 15.0 Å². The number of ether oxygens (including phenoxy) is 1. The van der Waals surface area contributed by atoms with Gasteiger partial charge in [-0.05, 0) is 62.4 Å². The van der Waals surface area contributed by atoms with Gasteiger partial charge in [0.15, 0.2) is 0 Å². The van der Waals surface area contributed by atoms with Gasteiger partial charge in [0.2, 0.25) is 0 Å². The van der Waals surface area contributed by atoms with Crippen molar-refractivity contribution >= 4 is 0 Å². The zero-order valence-electron chi connectivity index (χ0n) is 12.9. The number of rotatable bonds is 4. The van der Waals surface area contributed by atoms with Crippen molar-refractivity contribution in [1.29, 1.82) is 0 Å². The highest BCUT2D eigenvalue weighted by molar-refractivity contribution is 5.32. The lowest BCUT2D eigenvalue weighted by atomic mass is 9.93. The second kappa shape index (κ2) is 5.94. The van der Waals surface area contributed by atoms with Gasteiger partial charge in [0.1, 0.15) is 12.4 Å². The highest BCUT2D eigenvalue weighted by Crippen LogP contribution is 2.30. The van der Waals surface area contributed by atoms with Crippen LogP contribution in [-0.4, -0.2) is 11.2 Å². The molecular weight excluding hydrogens is 260 g/mol. The van der Waals surface area contributed by atoms with E-state index in [9.17, 15) is 0 Å². The summed E-state index contributed by atoms with van der Waals surface area (Å²) in [7, 11) is 0. The maximum atomic E-state index is 6.22. The zero-order valence-corrected chi connectivity index (χ0v) is 12.9. The maximum Gasteiger partial charge on any atom is 0.119 e. The fourth-order valence-corrected chi connectivity index (χ4v) is 3.27. The summed E-state index contributed by atoms with van der Waals surface area (Å²) in [6.07, 6.45) is 3.44. The standard InChI is InChI=1S/C18H24N2O/c1-13-5-3-6-15(11-13)21-10-9-20-14(2)12-16-17(19)7-4-8-18(16)20/h3,5-6,11-12,17H,4,7-10,19H2,1-2H3. The van der Waals surface area contributed by atoms with Gasteiger partial charge in [-0.2, -0.15) is 0 Å². The van der Waals surface area contributed by atoms with E-state index in [0.717, 1.165) is 25.1 Å². The summed E-state index contributed by atoms with van der Waals surface area (Å²) in [4.78, 5) is 0. The number of aromatic nitrogens is 1. The van der Waals surface area contributed by atoms with Gasteiger partial charge >= 0.3 is 0 Å². The normalized spacial score (nSPS) is 17.6. The van der Waals surface area contributed by atoms with E-state index in [1.54, 1.807) is 0 Å². The first-order valence-electron chi connectivity index (χ1n) is 7.79. The zero-order chi connectivity index (χ0) is 14.8. The molecule has 1 atom stereocenters. The smallest absolute Gasteiger partial charge is 0.119 e. The molecule has 0 bridgehead atoms. The Morgan fingerprint density at radius 2 is 2.14 bits per heavy atom. The molecule has 2 N–H and O–H groups in total. The van der Waals surface area contributed by atoms with Crippen molar-refractivity contribution in [1.82, 2.24) is 4.57 Å². The minimum atomic E-state index is 0.214. The average Bonchev–Trinajstić information content (AvgIpc) is 2.77. The van der Waals surface area contributed by atoms with Gasteiger partial charge in [-0.15, -0.1) is 0 Å². The Labute approximate surface area is 126 Å². The Hall–Kier alpha value is -1.74. The summed E-state index contributed by atoms with van der Waals surface area (Å²) >= 11 is 0. The summed E-state index contributed by atoms with van der Waals surface area (Å²) < 4.78 is 8.26. The third kappa shape index (κ3) is 2.98. The molecule has 0 fully saturated rings. The van der Waals surface area contributed by atoms with Crippen LogP contribution in [0.15, 0.2) is 30.3 Å². The van der Waals surface area contributed by atoms with Gasteiger partial charge in [0.25, 0.3) is 0 Å². The summed E-state index contributed by atoms with van der Waals surface area (Å²) in [5, 5.41) is 0. The fraction of sp³-hybridized carbons (Fsp3) is 0.444. The van der Waals surface area contributed by atoms with E-state index in [4.69, 9.17) is 10.5 Å². The monoisotopic (exact) mass is 284 g/mol. The van der Waals surface area contributed by atoms with Crippen LogP contribution in [0, 0.1) is 13.8 Å². The molecule has 1 aromatic heterocycles. The summed E-state index contributed by atoms with van der Waals surface area (Å²) in [6, 6.07) is 10.7. The SMILES string of the molecule is Cc1cccc(OCCn2c(C)cc3c2CCCC3N)c1. The quantitative estimate of drug-likeness (QED) is 0.933. The minimum absolute atomic E-state index is 0.214. The molecule has 0 aliphatic heterocycles. The molecule has 2 aromatic rings. The van der Waals surface area contributed by atoms with E-state index >= 15 is 0 Å². The van der Waals surface area contributed by atoms with Crippen LogP contribution in [0.1, 0.15) is 41.4 Å². The molecule has 3 heteroatoms. The lowest BCUT2D eigenvalue weighted by molar-refractivity contribution is 0.294. The fourth-order valence-electron chi connectivity index (χ4n) is 3.27. The number of aryl methyl sites for hydroxylation is 2. The Bertz CT molecular complexity index is 630. The molecule has 0 saturated carbocycles. The number of benzene rings is 1. The van der Waals surface area contributed by atoms with Gasteiger partial charge in [-0.1, -0.05) is 12.1 Å². The van der Waals surface area contributed by atoms with E-state index in [1.165, 1.54) is 28.9 Å². The van der Waals surface area contributed by atoms with Gasteiger partial charge in [-0.3, -0.25) is 0 Å². The van der Waals surface area contributed by atoms with E-state index in [1.807, 2.05) is 12.1 Å². The summed E-state index contributed by atoms with van der Waals surface area (Å²) in [5.74, 6) is 0.949. The first kappa shape index (κ1) is 14.2. The van der Waals surface area contributed by atoms with Gasteiger partial charge in [-0.25, -0.2) is 0 Å². The predicted octanol–water partition coefficient (Wildman–Crippen LogP) is 3.52. The highest BCUT2D eigenvalue weighted by Gasteiger charge is 2.21. The molecule has 1 aliphatic carbocycles. The Kier molecular flexibility index (Phi) is 4.02. The molecule has 21 heavy (non-hydrogen) atoms. The summed E-state index contributed by atoms with van der Waals surface area (Å²) in [5.41, 5.74) is 11.5. The lowest BCUT2D eigenvalue weighted by Crippen LogP contribution is -2.19. The van der Waals surface area contributed by atoms with Crippen molar-refractivity contribution in [3.8, 4) is 5.75 Å². The molecule has 1 heterocycles. The van der Waals surface area contributed by atoms with Crippen LogP contribution < -0.4 is 10.5 Å². The highest BCUT2D eigenvalue weighted by atomic mass is 16.5. The number of hydrogen-bond acceptors (Lipinski definition) is 2. The van der Waals surface area contributed by atoms with Crippen LogP contribution in [0.3, 0.4) is 0 Å². The van der Waals surface area contributed by atoms with Crippen LogP contribution in [0.4, 0.5) is 0 Å². The minimum Gasteiger partial charge on any atom is -0.492 e. The van der Waals surface area contributed by atoms with Gasteiger partial charge in [0.05, 0.1) is 6.54 Å². The summed E-state index contributed by atoms with van der Waals surface area (Å²) in [6.45, 7) is 5.83. The van der Waals surface area contributed by atoms with Crippen molar-refractivity contribution in [3.63, 3.8) is 0 Å². The van der Waals surface area contributed by atoms with Gasteiger partial charge in [0, 0.05) is 17.4 Å². The first-order chi connectivity index (χ1) is 10.1. The molecular formula is C18H24N2O. The van der Waals surface area contributed by atoms with Crippen molar-refractivity contribution in [2.45, 2.75) is 45.7 Å². The lowest BCUT2D eigenvalue weighted by Gasteiger charge is -2.21. The Morgan fingerprint density at radius 3 is 2.95 bits per heavy atom. The number of hydrogen-bond donors (Lipinski definition) is 1. The Balaban J connectivity index is 1.68. The van der Waals surface area contributed by atoms with Crippen LogP contribution in [0.5, 0.6) is 5.75 Å². The molecule has 3 rings (SSSR count). The number of fused-ring (bicyclic) bond motifs is 1. The molecule has 3 nitrogen and oxygen atoms in total. The van der Waals surface area contributed by atoms with Crippen LogP contribution >= 0.6 is 0 Å². The molecule has 1 aliphatic rings.